The standard InChI is InChI=1S/C27H33N3O5Si/c1-6-27(35-16(2)31)21-13-22-24(25(32)20(21)15-34-26(27)33)30-14-19-17(10-11-36(4,5)28-3)8-7-9-18(19)12-23(30)29-22/h7-9,12,28-29H,6,10-11,13-15H2,1-5H3. The van der Waals surface area contributed by atoms with Crippen molar-refractivity contribution in [3.05, 3.63) is 63.3 Å². The number of fused-ring (bicyclic) bond motifs is 3. The van der Waals surface area contributed by atoms with Crippen LogP contribution in [0.2, 0.25) is 19.1 Å². The molecule has 1 atom stereocenters. The van der Waals surface area contributed by atoms with E-state index < -0.39 is 25.8 Å². The summed E-state index contributed by atoms with van der Waals surface area (Å²) in [5.41, 5.74) is 4.42. The molecule has 4 aliphatic rings. The molecule has 0 saturated heterocycles. The van der Waals surface area contributed by atoms with Gasteiger partial charge >= 0.3 is 11.9 Å². The van der Waals surface area contributed by atoms with Gasteiger partial charge in [0.05, 0.1) is 6.54 Å². The van der Waals surface area contributed by atoms with Crippen molar-refractivity contribution in [2.75, 3.05) is 13.7 Å². The first kappa shape index (κ1) is 24.5. The summed E-state index contributed by atoms with van der Waals surface area (Å²) in [5.74, 6) is -0.522. The second-order valence-electron chi connectivity index (χ2n) is 10.5. The summed E-state index contributed by atoms with van der Waals surface area (Å²) in [7, 11) is 0.579. The Morgan fingerprint density at radius 1 is 1.31 bits per heavy atom. The summed E-state index contributed by atoms with van der Waals surface area (Å²) in [6.45, 7) is 8.18. The molecule has 36 heavy (non-hydrogen) atoms. The number of cyclic esters (lactones) is 1. The van der Waals surface area contributed by atoms with Crippen LogP contribution in [0.3, 0.4) is 0 Å². The van der Waals surface area contributed by atoms with Gasteiger partial charge in [0, 0.05) is 30.2 Å². The number of Topliss-reactive ketones (excluding diaryl/α,β-unsaturated/α-hetero) is 1. The number of benzene rings is 1. The molecule has 2 N–H and O–H groups in total. The predicted molar refractivity (Wildman–Crippen MR) is 138 cm³/mol. The fraction of sp³-hybridized carbons (Fsp3) is 0.444. The molecule has 1 unspecified atom stereocenters. The Morgan fingerprint density at radius 2 is 2.08 bits per heavy atom. The smallest absolute Gasteiger partial charge is 0.355 e. The normalized spacial score (nSPS) is 22.8. The second kappa shape index (κ2) is 8.74. The van der Waals surface area contributed by atoms with Gasteiger partial charge in [-0.15, -0.1) is 0 Å². The number of nitrogens with one attached hydrogen (secondary N) is 2. The topological polar surface area (TPSA) is 97.0 Å². The van der Waals surface area contributed by atoms with Crippen LogP contribution < -0.4 is 10.3 Å². The van der Waals surface area contributed by atoms with Crippen LogP contribution >= 0.6 is 0 Å². The third-order valence-electron chi connectivity index (χ3n) is 7.93. The van der Waals surface area contributed by atoms with Crippen LogP contribution in [0, 0.1) is 0 Å². The first-order chi connectivity index (χ1) is 17.1. The first-order valence-electron chi connectivity index (χ1n) is 12.5. The highest BCUT2D eigenvalue weighted by atomic mass is 28.3. The molecule has 5 rings (SSSR count). The minimum Gasteiger partial charge on any atom is -0.457 e. The van der Waals surface area contributed by atoms with Crippen LogP contribution in [0.25, 0.3) is 6.08 Å². The zero-order valence-electron chi connectivity index (χ0n) is 21.5. The van der Waals surface area contributed by atoms with E-state index in [1.165, 1.54) is 18.1 Å². The van der Waals surface area contributed by atoms with Crippen LogP contribution in [0.5, 0.6) is 0 Å². The van der Waals surface area contributed by atoms with E-state index in [2.05, 4.69) is 47.7 Å². The highest BCUT2D eigenvalue weighted by Crippen LogP contribution is 2.46. The van der Waals surface area contributed by atoms with Crippen LogP contribution in [0.15, 0.2) is 46.6 Å². The van der Waals surface area contributed by atoms with Crippen molar-refractivity contribution in [1.82, 2.24) is 15.2 Å². The van der Waals surface area contributed by atoms with E-state index in [4.69, 9.17) is 9.47 Å². The molecule has 3 aliphatic heterocycles. The first-order valence-corrected chi connectivity index (χ1v) is 15.7. The zero-order valence-corrected chi connectivity index (χ0v) is 22.5. The molecule has 0 amide bonds. The molecule has 0 saturated carbocycles. The van der Waals surface area contributed by atoms with Gasteiger partial charge < -0.3 is 24.7 Å². The molecule has 1 aliphatic carbocycles. The number of carbonyl (C=O) groups is 3. The van der Waals surface area contributed by atoms with Crippen LogP contribution in [0.1, 0.15) is 43.4 Å². The minimum absolute atomic E-state index is 0.106. The van der Waals surface area contributed by atoms with Crippen molar-refractivity contribution in [3.63, 3.8) is 0 Å². The lowest BCUT2D eigenvalue weighted by atomic mass is 9.78. The summed E-state index contributed by atoms with van der Waals surface area (Å²) < 4.78 is 10.9. The number of ether oxygens (including phenoxy) is 2. The molecule has 0 aromatic heterocycles. The van der Waals surface area contributed by atoms with Gasteiger partial charge in [0.15, 0.2) is 0 Å². The van der Waals surface area contributed by atoms with E-state index >= 15 is 0 Å². The number of nitrogens with zero attached hydrogens (tertiary/aromatic N) is 1. The van der Waals surface area contributed by atoms with E-state index in [0.29, 0.717) is 29.8 Å². The summed E-state index contributed by atoms with van der Waals surface area (Å²) in [6, 6.07) is 7.52. The van der Waals surface area contributed by atoms with E-state index in [-0.39, 0.29) is 18.8 Å². The fourth-order valence-corrected chi connectivity index (χ4v) is 6.73. The zero-order chi connectivity index (χ0) is 25.8. The van der Waals surface area contributed by atoms with Crippen molar-refractivity contribution >= 4 is 32.0 Å². The van der Waals surface area contributed by atoms with Gasteiger partial charge in [-0.25, -0.2) is 4.79 Å². The number of ketones is 1. The molecule has 0 radical (unpaired) electrons. The van der Waals surface area contributed by atoms with Gasteiger partial charge in [-0.05, 0) is 48.7 Å². The van der Waals surface area contributed by atoms with Crippen LogP contribution in [0.4, 0.5) is 0 Å². The maximum Gasteiger partial charge on any atom is 0.355 e. The summed E-state index contributed by atoms with van der Waals surface area (Å²) in [4.78, 5) is 44.1. The Labute approximate surface area is 212 Å². The van der Waals surface area contributed by atoms with Crippen molar-refractivity contribution < 1.29 is 23.9 Å². The highest BCUT2D eigenvalue weighted by Gasteiger charge is 2.54. The number of aryl methyl sites for hydroxylation is 1. The van der Waals surface area contributed by atoms with E-state index in [9.17, 15) is 14.4 Å². The minimum atomic E-state index is -1.56. The molecule has 0 fully saturated rings. The highest BCUT2D eigenvalue weighted by molar-refractivity contribution is 6.74. The lowest BCUT2D eigenvalue weighted by molar-refractivity contribution is -0.179. The van der Waals surface area contributed by atoms with E-state index in [0.717, 1.165) is 29.5 Å². The van der Waals surface area contributed by atoms with Gasteiger partial charge in [-0.3, -0.25) is 9.59 Å². The van der Waals surface area contributed by atoms with Crippen molar-refractivity contribution in [2.24, 2.45) is 0 Å². The van der Waals surface area contributed by atoms with Gasteiger partial charge in [-0.1, -0.05) is 38.2 Å². The third-order valence-corrected chi connectivity index (χ3v) is 10.8. The van der Waals surface area contributed by atoms with Gasteiger partial charge in [-0.2, -0.15) is 0 Å². The van der Waals surface area contributed by atoms with Crippen LogP contribution in [-0.2, 0) is 36.8 Å². The number of hydrogen-bond acceptors (Lipinski definition) is 8. The number of rotatable bonds is 6. The Bertz CT molecular complexity index is 1280. The van der Waals surface area contributed by atoms with Gasteiger partial charge in [0.25, 0.3) is 0 Å². The average molecular weight is 508 g/mol. The SMILES string of the molecule is CCC1(OC(C)=O)C(=O)OCC2=C1CC1=C(C2=O)N2Cc3c(cccc3CC[Si](C)(C)NC)C=C2N1. The molecular formula is C27H33N3O5Si. The molecule has 9 heteroatoms. The maximum atomic E-state index is 13.8. The Kier molecular flexibility index (Phi) is 5.95. The molecular weight excluding hydrogens is 474 g/mol. The monoisotopic (exact) mass is 507 g/mol. The quantitative estimate of drug-likeness (QED) is 0.448. The number of hydrogen-bond donors (Lipinski definition) is 2. The lowest BCUT2D eigenvalue weighted by Crippen LogP contribution is -2.51. The summed E-state index contributed by atoms with van der Waals surface area (Å²) >= 11 is 0. The Balaban J connectivity index is 1.48. The molecule has 1 aromatic carbocycles. The second-order valence-corrected chi connectivity index (χ2v) is 15.3. The van der Waals surface area contributed by atoms with Gasteiger partial charge in [0.1, 0.15) is 26.4 Å². The Hall–Kier alpha value is -3.17. The fourth-order valence-electron chi connectivity index (χ4n) is 5.58. The van der Waals surface area contributed by atoms with Crippen molar-refractivity contribution in [1.29, 1.82) is 0 Å². The molecule has 0 spiro atoms. The predicted octanol–water partition coefficient (Wildman–Crippen LogP) is 3.12. The largest absolute Gasteiger partial charge is 0.457 e. The molecule has 8 nitrogen and oxygen atoms in total. The molecule has 3 heterocycles. The van der Waals surface area contributed by atoms with Crippen LogP contribution in [-0.4, -0.2) is 50.1 Å². The number of esters is 2. The van der Waals surface area contributed by atoms with Crippen molar-refractivity contribution in [2.45, 2.75) is 64.4 Å². The van der Waals surface area contributed by atoms with E-state index in [1.54, 1.807) is 6.92 Å². The maximum absolute atomic E-state index is 13.8. The third kappa shape index (κ3) is 3.81. The average Bonchev–Trinajstić information content (AvgIpc) is 3.20. The molecule has 0 bridgehead atoms. The summed E-state index contributed by atoms with van der Waals surface area (Å²) in [6.07, 6.45) is 3.60. The summed E-state index contributed by atoms with van der Waals surface area (Å²) in [5, 5.41) is 3.43. The van der Waals surface area contributed by atoms with Gasteiger partial charge in [0.2, 0.25) is 11.4 Å². The number of carbonyl (C=O) groups excluding carboxylic acids is 3. The molecule has 190 valence electrons. The molecule has 1 aromatic rings. The number of allylic oxidation sites excluding steroid dienone is 2. The van der Waals surface area contributed by atoms with Crippen molar-refractivity contribution in [3.8, 4) is 0 Å². The lowest BCUT2D eigenvalue weighted by Gasteiger charge is -2.39. The Morgan fingerprint density at radius 3 is 2.78 bits per heavy atom. The van der Waals surface area contributed by atoms with E-state index in [1.807, 2.05) is 11.9 Å².